The van der Waals surface area contributed by atoms with E-state index >= 15 is 0 Å². The third-order valence-corrected chi connectivity index (χ3v) is 5.22. The van der Waals surface area contributed by atoms with Crippen molar-refractivity contribution in [3.05, 3.63) is 52.6 Å². The Labute approximate surface area is 155 Å². The largest absolute Gasteiger partial charge is 0.351 e. The summed E-state index contributed by atoms with van der Waals surface area (Å²) >= 11 is 1.28. The molecule has 0 saturated heterocycles. The van der Waals surface area contributed by atoms with Crippen LogP contribution in [-0.2, 0) is 11.3 Å². The van der Waals surface area contributed by atoms with E-state index < -0.39 is 0 Å². The van der Waals surface area contributed by atoms with Crippen molar-refractivity contribution in [2.75, 3.05) is 0 Å². The molecule has 8 heteroatoms. The molecule has 0 radical (unpaired) electrons. The van der Waals surface area contributed by atoms with Gasteiger partial charge in [-0.25, -0.2) is 13.9 Å². The van der Waals surface area contributed by atoms with Crippen molar-refractivity contribution in [2.24, 2.45) is 0 Å². The number of rotatable bonds is 5. The molecule has 1 atom stereocenters. The predicted octanol–water partition coefficient (Wildman–Crippen LogP) is 2.99. The van der Waals surface area contributed by atoms with Crippen LogP contribution in [-0.4, -0.2) is 30.7 Å². The monoisotopic (exact) mass is 373 g/mol. The number of nitrogens with zero attached hydrogens (tertiary/aromatic N) is 4. The van der Waals surface area contributed by atoms with E-state index in [0.717, 1.165) is 22.5 Å². The maximum Gasteiger partial charge on any atom is 0.253 e. The van der Waals surface area contributed by atoms with E-state index in [1.54, 1.807) is 23.6 Å². The molecule has 26 heavy (non-hydrogen) atoms. The first kappa shape index (κ1) is 18.3. The van der Waals surface area contributed by atoms with Gasteiger partial charge in [-0.1, -0.05) is 23.9 Å². The SMILES string of the molecule is Cc1nc2nc(S[C@H](C)C(=O)NCc3ccc(F)cc3)nn2c(C)c1C. The number of nitrogens with one attached hydrogen (secondary N) is 1. The maximum atomic E-state index is 12.9. The van der Waals surface area contributed by atoms with Crippen LogP contribution in [0.25, 0.3) is 5.78 Å². The summed E-state index contributed by atoms with van der Waals surface area (Å²) in [6.45, 7) is 8.06. The average Bonchev–Trinajstić information content (AvgIpc) is 3.01. The number of aromatic nitrogens is 4. The van der Waals surface area contributed by atoms with E-state index in [9.17, 15) is 9.18 Å². The number of benzene rings is 1. The second-order valence-electron chi connectivity index (χ2n) is 6.12. The lowest BCUT2D eigenvalue weighted by Gasteiger charge is -2.10. The smallest absolute Gasteiger partial charge is 0.253 e. The molecule has 2 heterocycles. The fourth-order valence-corrected chi connectivity index (χ4v) is 3.20. The second kappa shape index (κ2) is 7.41. The van der Waals surface area contributed by atoms with Crippen LogP contribution in [0.15, 0.2) is 29.4 Å². The van der Waals surface area contributed by atoms with Gasteiger partial charge in [0, 0.05) is 17.9 Å². The van der Waals surface area contributed by atoms with Crippen molar-refractivity contribution in [3.63, 3.8) is 0 Å². The summed E-state index contributed by atoms with van der Waals surface area (Å²) in [7, 11) is 0. The van der Waals surface area contributed by atoms with Gasteiger partial charge in [-0.15, -0.1) is 5.10 Å². The highest BCUT2D eigenvalue weighted by atomic mass is 32.2. The fraction of sp³-hybridized carbons (Fsp3) is 0.333. The molecule has 0 bridgehead atoms. The number of carbonyl (C=O) groups is 1. The minimum Gasteiger partial charge on any atom is -0.351 e. The third kappa shape index (κ3) is 3.85. The summed E-state index contributed by atoms with van der Waals surface area (Å²) in [5.41, 5.74) is 3.82. The third-order valence-electron chi connectivity index (χ3n) is 4.27. The van der Waals surface area contributed by atoms with Gasteiger partial charge < -0.3 is 5.32 Å². The van der Waals surface area contributed by atoms with Crippen molar-refractivity contribution in [2.45, 2.75) is 44.6 Å². The zero-order valence-electron chi connectivity index (χ0n) is 15.1. The van der Waals surface area contributed by atoms with Gasteiger partial charge in [0.25, 0.3) is 5.78 Å². The molecule has 1 amide bonds. The molecule has 0 aliphatic heterocycles. The van der Waals surface area contributed by atoms with Crippen molar-refractivity contribution in [3.8, 4) is 0 Å². The second-order valence-corrected chi connectivity index (χ2v) is 7.43. The van der Waals surface area contributed by atoms with Gasteiger partial charge in [0.1, 0.15) is 5.82 Å². The van der Waals surface area contributed by atoms with Gasteiger partial charge in [-0.05, 0) is 51.0 Å². The summed E-state index contributed by atoms with van der Waals surface area (Å²) < 4.78 is 14.6. The summed E-state index contributed by atoms with van der Waals surface area (Å²) in [5, 5.41) is 7.43. The number of aryl methyl sites for hydroxylation is 2. The van der Waals surface area contributed by atoms with Crippen molar-refractivity contribution >= 4 is 23.4 Å². The summed E-state index contributed by atoms with van der Waals surface area (Å²) in [5.74, 6) is 0.110. The molecule has 0 fully saturated rings. The molecule has 0 aliphatic carbocycles. The van der Waals surface area contributed by atoms with E-state index in [4.69, 9.17) is 0 Å². The molecule has 0 aliphatic rings. The van der Waals surface area contributed by atoms with Crippen LogP contribution in [0.2, 0.25) is 0 Å². The lowest BCUT2D eigenvalue weighted by molar-refractivity contribution is -0.120. The fourth-order valence-electron chi connectivity index (χ4n) is 2.43. The van der Waals surface area contributed by atoms with Gasteiger partial charge in [-0.3, -0.25) is 4.79 Å². The Hall–Kier alpha value is -2.48. The first-order chi connectivity index (χ1) is 12.3. The lowest BCUT2D eigenvalue weighted by Crippen LogP contribution is -2.30. The van der Waals surface area contributed by atoms with E-state index in [-0.39, 0.29) is 17.0 Å². The topological polar surface area (TPSA) is 72.2 Å². The van der Waals surface area contributed by atoms with Crippen LogP contribution >= 0.6 is 11.8 Å². The van der Waals surface area contributed by atoms with Gasteiger partial charge in [-0.2, -0.15) is 4.98 Å². The Balaban J connectivity index is 1.66. The van der Waals surface area contributed by atoms with Crippen LogP contribution < -0.4 is 5.32 Å². The van der Waals surface area contributed by atoms with E-state index in [1.807, 2.05) is 20.8 Å². The summed E-state index contributed by atoms with van der Waals surface area (Å²) in [4.78, 5) is 21.1. The average molecular weight is 373 g/mol. The maximum absolute atomic E-state index is 12.9. The predicted molar refractivity (Wildman–Crippen MR) is 98.6 cm³/mol. The normalized spacial score (nSPS) is 12.3. The number of hydrogen-bond donors (Lipinski definition) is 1. The van der Waals surface area contributed by atoms with Crippen LogP contribution in [0.4, 0.5) is 4.39 Å². The molecule has 0 saturated carbocycles. The number of fused-ring (bicyclic) bond motifs is 1. The molecule has 6 nitrogen and oxygen atoms in total. The molecule has 2 aromatic heterocycles. The molecule has 1 N–H and O–H groups in total. The van der Waals surface area contributed by atoms with Gasteiger partial charge in [0.2, 0.25) is 11.1 Å². The first-order valence-electron chi connectivity index (χ1n) is 8.24. The Bertz CT molecular complexity index is 954. The van der Waals surface area contributed by atoms with Crippen molar-refractivity contribution < 1.29 is 9.18 Å². The van der Waals surface area contributed by atoms with Gasteiger partial charge >= 0.3 is 0 Å². The van der Waals surface area contributed by atoms with Crippen LogP contribution in [0, 0.1) is 26.6 Å². The minimum absolute atomic E-state index is 0.129. The van der Waals surface area contributed by atoms with Gasteiger partial charge in [0.15, 0.2) is 0 Å². The Morgan fingerprint density at radius 1 is 1.23 bits per heavy atom. The summed E-state index contributed by atoms with van der Waals surface area (Å²) in [6, 6.07) is 6.05. The molecule has 3 rings (SSSR count). The van der Waals surface area contributed by atoms with E-state index in [0.29, 0.717) is 17.5 Å². The van der Waals surface area contributed by atoms with Gasteiger partial charge in [0.05, 0.1) is 5.25 Å². The Morgan fingerprint density at radius 3 is 2.62 bits per heavy atom. The minimum atomic E-state index is -0.365. The number of amides is 1. The highest BCUT2D eigenvalue weighted by Gasteiger charge is 2.18. The Kier molecular flexibility index (Phi) is 5.22. The first-order valence-corrected chi connectivity index (χ1v) is 9.12. The molecular weight excluding hydrogens is 353 g/mol. The van der Waals surface area contributed by atoms with Crippen LogP contribution in [0.5, 0.6) is 0 Å². The number of hydrogen-bond acceptors (Lipinski definition) is 5. The molecule has 3 aromatic rings. The number of thioether (sulfide) groups is 1. The molecule has 0 spiro atoms. The highest BCUT2D eigenvalue weighted by molar-refractivity contribution is 8.00. The molecule has 0 unspecified atom stereocenters. The Morgan fingerprint density at radius 2 is 1.92 bits per heavy atom. The number of carbonyl (C=O) groups excluding carboxylic acids is 1. The molecular formula is C18H20FN5OS. The van der Waals surface area contributed by atoms with Crippen molar-refractivity contribution in [1.82, 2.24) is 24.9 Å². The zero-order valence-corrected chi connectivity index (χ0v) is 15.9. The lowest BCUT2D eigenvalue weighted by atomic mass is 10.2. The van der Waals surface area contributed by atoms with Crippen LogP contribution in [0.3, 0.4) is 0 Å². The quantitative estimate of drug-likeness (QED) is 0.696. The van der Waals surface area contributed by atoms with E-state index in [2.05, 4.69) is 20.4 Å². The highest BCUT2D eigenvalue weighted by Crippen LogP contribution is 2.21. The number of halogens is 1. The standard InChI is InChI=1S/C18H20FN5OS/c1-10-11(2)21-17-22-18(23-24(17)12(10)3)26-13(4)16(25)20-9-14-5-7-15(19)8-6-14/h5-8,13H,9H2,1-4H3,(H,20,25)/t13-/m1/s1. The molecule has 136 valence electrons. The zero-order chi connectivity index (χ0) is 18.8. The van der Waals surface area contributed by atoms with Crippen molar-refractivity contribution in [1.29, 1.82) is 0 Å². The summed E-state index contributed by atoms with van der Waals surface area (Å²) in [6.07, 6.45) is 0. The molecule has 1 aromatic carbocycles. The van der Waals surface area contributed by atoms with E-state index in [1.165, 1.54) is 23.9 Å². The van der Waals surface area contributed by atoms with Crippen LogP contribution in [0.1, 0.15) is 29.4 Å².